The Hall–Kier alpha value is -4.13. The van der Waals surface area contributed by atoms with Gasteiger partial charge in [-0.25, -0.2) is 0 Å². The summed E-state index contributed by atoms with van der Waals surface area (Å²) in [6.45, 7) is 1.75. The lowest BCUT2D eigenvalue weighted by molar-refractivity contribution is 0.477. The molecule has 0 amide bonds. The van der Waals surface area contributed by atoms with Crippen LogP contribution in [0.4, 0.5) is 17.2 Å². The third kappa shape index (κ3) is 4.14. The number of nitrogens with two attached hydrogens (primary N) is 1. The number of hydrogen-bond acceptors (Lipinski definition) is 7. The summed E-state index contributed by atoms with van der Waals surface area (Å²) in [5.41, 5.74) is 12.3. The van der Waals surface area contributed by atoms with Crippen LogP contribution in [0.3, 0.4) is 0 Å². The molecular weight excluding hydrogens is 436 g/mol. The number of phenolic OH excluding ortho intramolecular Hbond substituents is 1. The molecule has 7 nitrogen and oxygen atoms in total. The SMILES string of the molecule is Nc1nnc(-c2ccccc2O)cc1N1CC2CCC(C1)N2c1cccc(Cc2ccncc2)c1. The Kier molecular flexibility index (Phi) is 5.45. The molecule has 2 aromatic heterocycles. The highest BCUT2D eigenvalue weighted by Crippen LogP contribution is 2.39. The quantitative estimate of drug-likeness (QED) is 0.456. The molecule has 35 heavy (non-hydrogen) atoms. The van der Waals surface area contributed by atoms with Crippen LogP contribution < -0.4 is 15.5 Å². The van der Waals surface area contributed by atoms with Gasteiger partial charge in [0, 0.05) is 48.8 Å². The molecule has 2 saturated heterocycles. The highest BCUT2D eigenvalue weighted by Gasteiger charge is 2.40. The highest BCUT2D eigenvalue weighted by atomic mass is 16.3. The summed E-state index contributed by atoms with van der Waals surface area (Å²) < 4.78 is 0. The summed E-state index contributed by atoms with van der Waals surface area (Å²) in [4.78, 5) is 9.07. The van der Waals surface area contributed by atoms with Crippen LogP contribution in [0, 0.1) is 0 Å². The highest BCUT2D eigenvalue weighted by molar-refractivity contribution is 5.74. The maximum Gasteiger partial charge on any atom is 0.169 e. The van der Waals surface area contributed by atoms with Crippen LogP contribution in [-0.2, 0) is 6.42 Å². The minimum absolute atomic E-state index is 0.189. The number of benzene rings is 2. The average molecular weight is 465 g/mol. The molecule has 6 rings (SSSR count). The van der Waals surface area contributed by atoms with E-state index in [4.69, 9.17) is 5.73 Å². The summed E-state index contributed by atoms with van der Waals surface area (Å²) in [5.74, 6) is 0.616. The molecule has 0 saturated carbocycles. The van der Waals surface area contributed by atoms with Gasteiger partial charge in [0.15, 0.2) is 5.82 Å². The van der Waals surface area contributed by atoms with E-state index in [1.807, 2.05) is 30.6 Å². The molecule has 0 radical (unpaired) electrons. The van der Waals surface area contributed by atoms with Gasteiger partial charge in [0.25, 0.3) is 0 Å². The number of anilines is 3. The predicted octanol–water partition coefficient (Wildman–Crippen LogP) is 4.27. The molecule has 4 heterocycles. The number of aromatic nitrogens is 3. The van der Waals surface area contributed by atoms with Gasteiger partial charge >= 0.3 is 0 Å². The molecule has 0 spiro atoms. The van der Waals surface area contributed by atoms with Crippen molar-refractivity contribution >= 4 is 17.2 Å². The maximum absolute atomic E-state index is 10.3. The van der Waals surface area contributed by atoms with Crippen molar-refractivity contribution in [2.75, 3.05) is 28.6 Å². The van der Waals surface area contributed by atoms with Gasteiger partial charge in [0.2, 0.25) is 0 Å². The average Bonchev–Trinajstić information content (AvgIpc) is 3.15. The number of aromatic hydroxyl groups is 1. The first kappa shape index (κ1) is 21.4. The molecule has 2 aromatic carbocycles. The van der Waals surface area contributed by atoms with E-state index in [0.29, 0.717) is 29.2 Å². The molecule has 2 atom stereocenters. The van der Waals surface area contributed by atoms with E-state index in [0.717, 1.165) is 38.0 Å². The number of hydrogen-bond donors (Lipinski definition) is 2. The number of fused-ring (bicyclic) bond motifs is 2. The van der Waals surface area contributed by atoms with Crippen LogP contribution in [-0.4, -0.2) is 45.5 Å². The zero-order valence-corrected chi connectivity index (χ0v) is 19.5. The molecule has 2 fully saturated rings. The molecule has 0 aliphatic carbocycles. The number of rotatable bonds is 5. The van der Waals surface area contributed by atoms with Crippen molar-refractivity contribution in [3.05, 3.63) is 90.3 Å². The minimum atomic E-state index is 0.189. The molecule has 176 valence electrons. The fourth-order valence-corrected chi connectivity index (χ4v) is 5.55. The first-order valence-corrected chi connectivity index (χ1v) is 12.1. The molecule has 2 unspecified atom stereocenters. The van der Waals surface area contributed by atoms with Crippen molar-refractivity contribution in [1.82, 2.24) is 15.2 Å². The lowest BCUT2D eigenvalue weighted by Gasteiger charge is -2.43. The number of phenols is 1. The van der Waals surface area contributed by atoms with Gasteiger partial charge in [0.05, 0.1) is 11.4 Å². The van der Waals surface area contributed by atoms with E-state index in [-0.39, 0.29) is 5.75 Å². The van der Waals surface area contributed by atoms with Crippen molar-refractivity contribution in [2.24, 2.45) is 0 Å². The summed E-state index contributed by atoms with van der Waals surface area (Å²) in [6, 6.07) is 23.1. The van der Waals surface area contributed by atoms with Gasteiger partial charge in [-0.2, -0.15) is 0 Å². The van der Waals surface area contributed by atoms with Crippen LogP contribution in [0.5, 0.6) is 5.75 Å². The van der Waals surface area contributed by atoms with Crippen LogP contribution >= 0.6 is 0 Å². The zero-order chi connectivity index (χ0) is 23.8. The third-order valence-electron chi connectivity index (χ3n) is 7.17. The van der Waals surface area contributed by atoms with Crippen molar-refractivity contribution in [1.29, 1.82) is 0 Å². The smallest absolute Gasteiger partial charge is 0.169 e. The Morgan fingerprint density at radius 1 is 0.857 bits per heavy atom. The summed E-state index contributed by atoms with van der Waals surface area (Å²) in [5, 5.41) is 18.8. The fraction of sp³-hybridized carbons (Fsp3) is 0.250. The Bertz CT molecular complexity index is 1330. The first-order valence-electron chi connectivity index (χ1n) is 12.1. The van der Waals surface area contributed by atoms with E-state index in [2.05, 4.69) is 61.4 Å². The monoisotopic (exact) mass is 464 g/mol. The topological polar surface area (TPSA) is 91.4 Å². The normalized spacial score (nSPS) is 19.2. The van der Waals surface area contributed by atoms with Gasteiger partial charge in [-0.15, -0.1) is 10.2 Å². The second-order valence-corrected chi connectivity index (χ2v) is 9.42. The fourth-order valence-electron chi connectivity index (χ4n) is 5.55. The van der Waals surface area contributed by atoms with Crippen LogP contribution in [0.1, 0.15) is 24.0 Å². The third-order valence-corrected chi connectivity index (χ3v) is 7.17. The van der Waals surface area contributed by atoms with Gasteiger partial charge < -0.3 is 20.6 Å². The number of nitrogen functional groups attached to an aromatic ring is 1. The minimum Gasteiger partial charge on any atom is -0.507 e. The van der Waals surface area contributed by atoms with Gasteiger partial charge in [-0.3, -0.25) is 4.98 Å². The summed E-state index contributed by atoms with van der Waals surface area (Å²) in [7, 11) is 0. The number of para-hydroxylation sites is 1. The number of nitrogens with zero attached hydrogens (tertiary/aromatic N) is 5. The molecule has 7 heteroatoms. The Balaban J connectivity index is 1.24. The lowest BCUT2D eigenvalue weighted by Crippen LogP contribution is -2.54. The molecular formula is C28H28N6O. The van der Waals surface area contributed by atoms with E-state index < -0.39 is 0 Å². The van der Waals surface area contributed by atoms with Gasteiger partial charge in [-0.05, 0) is 72.9 Å². The summed E-state index contributed by atoms with van der Waals surface area (Å²) >= 11 is 0. The molecule has 2 bridgehead atoms. The van der Waals surface area contributed by atoms with Crippen molar-refractivity contribution in [3.8, 4) is 17.0 Å². The first-order chi connectivity index (χ1) is 17.2. The lowest BCUT2D eigenvalue weighted by atomic mass is 10.0. The second kappa shape index (κ2) is 8.91. The standard InChI is InChI=1S/C28H28N6O/c29-28-26(16-25(31-32-28)24-6-1-2-7-27(24)35)33-17-22-8-9-23(18-33)34(22)21-5-3-4-20(15-21)14-19-10-12-30-13-11-19/h1-7,10-13,15-16,22-23,35H,8-9,14,17-18H2,(H2,29,32). The van der Waals surface area contributed by atoms with Crippen LogP contribution in [0.15, 0.2) is 79.1 Å². The van der Waals surface area contributed by atoms with Crippen molar-refractivity contribution in [2.45, 2.75) is 31.3 Å². The van der Waals surface area contributed by atoms with Crippen LogP contribution in [0.2, 0.25) is 0 Å². The molecule has 4 aromatic rings. The van der Waals surface area contributed by atoms with E-state index >= 15 is 0 Å². The van der Waals surface area contributed by atoms with E-state index in [9.17, 15) is 5.11 Å². The largest absolute Gasteiger partial charge is 0.507 e. The van der Waals surface area contributed by atoms with Crippen LogP contribution in [0.25, 0.3) is 11.3 Å². The predicted molar refractivity (Wildman–Crippen MR) is 139 cm³/mol. The molecule has 2 aliphatic rings. The van der Waals surface area contributed by atoms with Crippen molar-refractivity contribution in [3.63, 3.8) is 0 Å². The Labute approximate surface area is 204 Å². The van der Waals surface area contributed by atoms with Crippen molar-refractivity contribution < 1.29 is 5.11 Å². The zero-order valence-electron chi connectivity index (χ0n) is 19.5. The maximum atomic E-state index is 10.3. The van der Waals surface area contributed by atoms with E-state index in [1.54, 1.807) is 12.1 Å². The number of piperazine rings is 1. The van der Waals surface area contributed by atoms with Gasteiger partial charge in [0.1, 0.15) is 5.75 Å². The number of pyridine rings is 1. The van der Waals surface area contributed by atoms with Gasteiger partial charge in [-0.1, -0.05) is 24.3 Å². The second-order valence-electron chi connectivity index (χ2n) is 9.42. The summed E-state index contributed by atoms with van der Waals surface area (Å²) in [6.07, 6.45) is 6.91. The van der Waals surface area contributed by atoms with E-state index in [1.165, 1.54) is 16.8 Å². The Morgan fingerprint density at radius 2 is 1.63 bits per heavy atom. The molecule has 2 aliphatic heterocycles. The molecule has 3 N–H and O–H groups in total. The Morgan fingerprint density at radius 3 is 2.40 bits per heavy atom.